The molecule has 1 N–H and O–H groups in total. The maximum atomic E-state index is 10.9. The number of carboxylic acids is 1. The number of rotatable bonds is 5. The average molecular weight is 269 g/mol. The second kappa shape index (κ2) is 7.22. The molecule has 2 saturated heterocycles. The highest BCUT2D eigenvalue weighted by atomic mass is 16.4. The Morgan fingerprint density at radius 2 is 1.84 bits per heavy atom. The van der Waals surface area contributed by atoms with Crippen molar-refractivity contribution in [1.82, 2.24) is 14.7 Å². The van der Waals surface area contributed by atoms with Crippen molar-refractivity contribution in [2.75, 3.05) is 52.9 Å². The molecule has 2 heterocycles. The number of hydrogen-bond acceptors (Lipinski definition) is 4. The fourth-order valence-electron chi connectivity index (χ4n) is 3.13. The van der Waals surface area contributed by atoms with Gasteiger partial charge in [0, 0.05) is 45.3 Å². The van der Waals surface area contributed by atoms with Gasteiger partial charge >= 0.3 is 5.97 Å². The maximum absolute atomic E-state index is 10.9. The number of likely N-dealkylation sites (tertiary alicyclic amines) is 1. The van der Waals surface area contributed by atoms with E-state index in [0.717, 1.165) is 52.2 Å². The summed E-state index contributed by atoms with van der Waals surface area (Å²) in [6.45, 7) is 7.79. The van der Waals surface area contributed by atoms with Crippen LogP contribution in [0, 0.1) is 0 Å². The van der Waals surface area contributed by atoms with Gasteiger partial charge in [0.1, 0.15) is 0 Å². The summed E-state index contributed by atoms with van der Waals surface area (Å²) < 4.78 is 0. The number of likely N-dealkylation sites (N-methyl/N-ethyl adjacent to an activating group) is 1. The van der Waals surface area contributed by atoms with E-state index in [0.29, 0.717) is 6.42 Å². The summed E-state index contributed by atoms with van der Waals surface area (Å²) in [6.07, 6.45) is 3.76. The van der Waals surface area contributed by atoms with Crippen LogP contribution in [-0.2, 0) is 4.79 Å². The molecule has 0 aliphatic carbocycles. The third-order valence-electron chi connectivity index (χ3n) is 4.46. The third kappa shape index (κ3) is 4.75. The molecule has 5 nitrogen and oxygen atoms in total. The smallest absolute Gasteiger partial charge is 0.304 e. The quantitative estimate of drug-likeness (QED) is 0.790. The van der Waals surface area contributed by atoms with Crippen molar-refractivity contribution in [2.45, 2.75) is 31.7 Å². The van der Waals surface area contributed by atoms with Crippen molar-refractivity contribution in [2.24, 2.45) is 0 Å². The number of carboxylic acid groups (broad SMARTS) is 1. The van der Waals surface area contributed by atoms with E-state index in [1.54, 1.807) is 0 Å². The predicted molar refractivity (Wildman–Crippen MR) is 75.4 cm³/mol. The Morgan fingerprint density at radius 1 is 1.11 bits per heavy atom. The number of nitrogens with zero attached hydrogens (tertiary/aromatic N) is 3. The van der Waals surface area contributed by atoms with Gasteiger partial charge in [-0.15, -0.1) is 0 Å². The van der Waals surface area contributed by atoms with Gasteiger partial charge in [0.15, 0.2) is 0 Å². The van der Waals surface area contributed by atoms with Crippen molar-refractivity contribution < 1.29 is 9.90 Å². The summed E-state index contributed by atoms with van der Waals surface area (Å²) in [6, 6.07) is 0.263. The van der Waals surface area contributed by atoms with Crippen LogP contribution in [0.2, 0.25) is 0 Å². The normalized spacial score (nSPS) is 27.5. The second-order valence-electron chi connectivity index (χ2n) is 5.93. The maximum Gasteiger partial charge on any atom is 0.304 e. The molecule has 0 aromatic carbocycles. The van der Waals surface area contributed by atoms with E-state index >= 15 is 0 Å². The molecule has 0 aromatic rings. The first-order chi connectivity index (χ1) is 9.15. The van der Waals surface area contributed by atoms with Gasteiger partial charge < -0.3 is 10.0 Å². The van der Waals surface area contributed by atoms with Crippen LogP contribution in [-0.4, -0.2) is 84.7 Å². The van der Waals surface area contributed by atoms with Gasteiger partial charge in [-0.1, -0.05) is 6.42 Å². The molecule has 0 saturated carbocycles. The Balaban J connectivity index is 1.74. The van der Waals surface area contributed by atoms with Gasteiger partial charge in [-0.3, -0.25) is 14.6 Å². The van der Waals surface area contributed by atoms with Gasteiger partial charge in [-0.05, 0) is 26.4 Å². The Morgan fingerprint density at radius 3 is 2.53 bits per heavy atom. The zero-order chi connectivity index (χ0) is 13.7. The Bertz CT molecular complexity index is 290. The minimum atomic E-state index is -0.656. The van der Waals surface area contributed by atoms with Crippen molar-refractivity contribution in [3.63, 3.8) is 0 Å². The van der Waals surface area contributed by atoms with Crippen LogP contribution in [0.15, 0.2) is 0 Å². The van der Waals surface area contributed by atoms with Crippen LogP contribution in [0.5, 0.6) is 0 Å². The zero-order valence-electron chi connectivity index (χ0n) is 12.1. The molecule has 0 spiro atoms. The monoisotopic (exact) mass is 269 g/mol. The molecular formula is C14H27N3O2. The van der Waals surface area contributed by atoms with Crippen LogP contribution < -0.4 is 0 Å². The molecule has 19 heavy (non-hydrogen) atoms. The zero-order valence-corrected chi connectivity index (χ0v) is 12.1. The summed E-state index contributed by atoms with van der Waals surface area (Å²) in [4.78, 5) is 18.2. The molecular weight excluding hydrogens is 242 g/mol. The minimum Gasteiger partial charge on any atom is -0.481 e. The van der Waals surface area contributed by atoms with Gasteiger partial charge in [-0.2, -0.15) is 0 Å². The van der Waals surface area contributed by atoms with Crippen molar-refractivity contribution in [1.29, 1.82) is 0 Å². The van der Waals surface area contributed by atoms with E-state index in [2.05, 4.69) is 21.7 Å². The van der Waals surface area contributed by atoms with E-state index in [1.807, 2.05) is 0 Å². The number of carbonyl (C=O) groups is 1. The molecule has 1 unspecified atom stereocenters. The lowest BCUT2D eigenvalue weighted by atomic mass is 9.99. The van der Waals surface area contributed by atoms with Crippen molar-refractivity contribution in [3.8, 4) is 0 Å². The fraction of sp³-hybridized carbons (Fsp3) is 0.929. The first-order valence-electron chi connectivity index (χ1n) is 7.52. The van der Waals surface area contributed by atoms with Gasteiger partial charge in [-0.25, -0.2) is 0 Å². The van der Waals surface area contributed by atoms with E-state index in [-0.39, 0.29) is 6.04 Å². The summed E-state index contributed by atoms with van der Waals surface area (Å²) in [5, 5.41) is 8.99. The fourth-order valence-corrected chi connectivity index (χ4v) is 3.13. The average Bonchev–Trinajstić information content (AvgIpc) is 2.39. The van der Waals surface area contributed by atoms with Gasteiger partial charge in [0.2, 0.25) is 0 Å². The van der Waals surface area contributed by atoms with Gasteiger partial charge in [0.25, 0.3) is 0 Å². The van der Waals surface area contributed by atoms with Crippen molar-refractivity contribution in [3.05, 3.63) is 0 Å². The van der Waals surface area contributed by atoms with Gasteiger partial charge in [0.05, 0.1) is 6.42 Å². The summed E-state index contributed by atoms with van der Waals surface area (Å²) >= 11 is 0. The van der Waals surface area contributed by atoms with E-state index in [1.165, 1.54) is 12.8 Å². The summed E-state index contributed by atoms with van der Waals surface area (Å²) in [7, 11) is 2.17. The molecule has 0 bridgehead atoms. The first kappa shape index (κ1) is 14.8. The molecule has 5 heteroatoms. The number of aliphatic carboxylic acids is 1. The van der Waals surface area contributed by atoms with E-state index < -0.39 is 5.97 Å². The van der Waals surface area contributed by atoms with Crippen LogP contribution in [0.1, 0.15) is 25.7 Å². The molecule has 2 aliphatic rings. The number of piperidine rings is 1. The highest BCUT2D eigenvalue weighted by Crippen LogP contribution is 2.19. The first-order valence-corrected chi connectivity index (χ1v) is 7.52. The standard InChI is InChI=1S/C14H27N3O2/c1-15-6-8-16(9-7-15)10-11-17-5-3-2-4-13(17)12-14(18)19/h13H,2-12H2,1H3,(H,18,19). The molecule has 110 valence electrons. The topological polar surface area (TPSA) is 47.0 Å². The molecule has 0 radical (unpaired) electrons. The lowest BCUT2D eigenvalue weighted by Gasteiger charge is -2.38. The van der Waals surface area contributed by atoms with E-state index in [9.17, 15) is 4.79 Å². The molecule has 0 aromatic heterocycles. The van der Waals surface area contributed by atoms with Crippen LogP contribution in [0.3, 0.4) is 0 Å². The summed E-state index contributed by atoms with van der Waals surface area (Å²) in [5.74, 6) is -0.656. The van der Waals surface area contributed by atoms with E-state index in [4.69, 9.17) is 5.11 Å². The molecule has 0 amide bonds. The van der Waals surface area contributed by atoms with Crippen LogP contribution >= 0.6 is 0 Å². The largest absolute Gasteiger partial charge is 0.481 e. The molecule has 2 rings (SSSR count). The Hall–Kier alpha value is -0.650. The Labute approximate surface area is 116 Å². The highest BCUT2D eigenvalue weighted by molar-refractivity contribution is 5.67. The summed E-state index contributed by atoms with van der Waals surface area (Å²) in [5.41, 5.74) is 0. The lowest BCUT2D eigenvalue weighted by Crippen LogP contribution is -2.49. The molecule has 2 fully saturated rings. The number of hydrogen-bond donors (Lipinski definition) is 1. The Kier molecular flexibility index (Phi) is 5.60. The molecule has 1 atom stereocenters. The predicted octanol–water partition coefficient (Wildman–Crippen LogP) is 0.563. The SMILES string of the molecule is CN1CCN(CCN2CCCCC2CC(=O)O)CC1. The van der Waals surface area contributed by atoms with Crippen LogP contribution in [0.25, 0.3) is 0 Å². The highest BCUT2D eigenvalue weighted by Gasteiger charge is 2.25. The van der Waals surface area contributed by atoms with Crippen LogP contribution in [0.4, 0.5) is 0 Å². The number of piperazine rings is 1. The van der Waals surface area contributed by atoms with Crippen molar-refractivity contribution >= 4 is 5.97 Å². The third-order valence-corrected chi connectivity index (χ3v) is 4.46. The lowest BCUT2D eigenvalue weighted by molar-refractivity contribution is -0.138. The molecule has 2 aliphatic heterocycles. The minimum absolute atomic E-state index is 0.263. The second-order valence-corrected chi connectivity index (χ2v) is 5.93.